The number of amides is 1. The largest absolute Gasteiger partial charge is 0.383 e. The van der Waals surface area contributed by atoms with E-state index in [0.29, 0.717) is 18.7 Å². The third-order valence-electron chi connectivity index (χ3n) is 4.17. The summed E-state index contributed by atoms with van der Waals surface area (Å²) in [5.74, 6) is -0.193. The van der Waals surface area contributed by atoms with E-state index in [2.05, 4.69) is 20.3 Å². The summed E-state index contributed by atoms with van der Waals surface area (Å²) in [5.41, 5.74) is 0.447. The SMILES string of the molecule is COCCNS(=O)(=O)c1ccc(C(=O)NCCCN2CCNCC2)cc1.Cl. The molecule has 0 spiro atoms. The molecule has 1 amide bonds. The fraction of sp³-hybridized carbons (Fsp3) is 0.588. The molecule has 10 heteroatoms. The maximum atomic E-state index is 12.2. The molecule has 0 bridgehead atoms. The van der Waals surface area contributed by atoms with Gasteiger partial charge >= 0.3 is 0 Å². The fourth-order valence-corrected chi connectivity index (χ4v) is 3.70. The normalized spacial score (nSPS) is 15.1. The molecule has 8 nitrogen and oxygen atoms in total. The van der Waals surface area contributed by atoms with Gasteiger partial charge in [-0.2, -0.15) is 0 Å². The van der Waals surface area contributed by atoms with Gasteiger partial charge in [-0.15, -0.1) is 12.4 Å². The van der Waals surface area contributed by atoms with E-state index >= 15 is 0 Å². The smallest absolute Gasteiger partial charge is 0.251 e. The van der Waals surface area contributed by atoms with E-state index in [9.17, 15) is 13.2 Å². The van der Waals surface area contributed by atoms with Crippen LogP contribution in [0.1, 0.15) is 16.8 Å². The zero-order valence-corrected chi connectivity index (χ0v) is 17.2. The van der Waals surface area contributed by atoms with Gasteiger partial charge < -0.3 is 20.3 Å². The molecule has 27 heavy (non-hydrogen) atoms. The Kier molecular flexibility index (Phi) is 10.8. The molecule has 1 aliphatic rings. The van der Waals surface area contributed by atoms with Crippen molar-refractivity contribution in [3.8, 4) is 0 Å². The molecule has 1 aliphatic heterocycles. The summed E-state index contributed by atoms with van der Waals surface area (Å²) in [6, 6.07) is 5.92. The number of nitrogens with one attached hydrogen (secondary N) is 3. The lowest BCUT2D eigenvalue weighted by Crippen LogP contribution is -2.44. The van der Waals surface area contributed by atoms with Gasteiger partial charge in [0.05, 0.1) is 11.5 Å². The number of rotatable bonds is 10. The molecule has 154 valence electrons. The Balaban J connectivity index is 0.00000364. The van der Waals surface area contributed by atoms with Crippen molar-refractivity contribution in [2.24, 2.45) is 0 Å². The highest BCUT2D eigenvalue weighted by Gasteiger charge is 2.14. The number of methoxy groups -OCH3 is 1. The molecule has 0 unspecified atom stereocenters. The molecule has 0 radical (unpaired) electrons. The Bertz CT molecular complexity index is 664. The zero-order chi connectivity index (χ0) is 18.8. The van der Waals surface area contributed by atoms with Gasteiger partial charge in [0.1, 0.15) is 0 Å². The Morgan fingerprint density at radius 1 is 1.19 bits per heavy atom. The molecule has 1 saturated heterocycles. The molecular formula is C17H29ClN4O4S. The summed E-state index contributed by atoms with van der Waals surface area (Å²) >= 11 is 0. The van der Waals surface area contributed by atoms with Crippen LogP contribution in [0.4, 0.5) is 0 Å². The molecule has 1 aromatic carbocycles. The second-order valence-corrected chi connectivity index (χ2v) is 7.88. The van der Waals surface area contributed by atoms with Gasteiger partial charge in [-0.25, -0.2) is 13.1 Å². The van der Waals surface area contributed by atoms with Crippen LogP contribution in [-0.4, -0.2) is 78.8 Å². The van der Waals surface area contributed by atoms with E-state index in [4.69, 9.17) is 4.74 Å². The quantitative estimate of drug-likeness (QED) is 0.463. The van der Waals surface area contributed by atoms with Gasteiger partial charge in [0.15, 0.2) is 0 Å². The molecule has 2 rings (SSSR count). The highest BCUT2D eigenvalue weighted by atomic mass is 35.5. The minimum Gasteiger partial charge on any atom is -0.383 e. The van der Waals surface area contributed by atoms with Crippen LogP contribution in [-0.2, 0) is 14.8 Å². The number of sulfonamides is 1. The van der Waals surface area contributed by atoms with Gasteiger partial charge in [-0.05, 0) is 37.2 Å². The standard InChI is InChI=1S/C17H28N4O4S.ClH/c1-25-14-10-20-26(23,24)16-5-3-15(4-6-16)17(22)19-7-2-11-21-12-8-18-9-13-21;/h3-6,18,20H,2,7-14H2,1H3,(H,19,22);1H. The fourth-order valence-electron chi connectivity index (χ4n) is 2.69. The second-order valence-electron chi connectivity index (χ2n) is 6.12. The van der Waals surface area contributed by atoms with Crippen LogP contribution in [0.5, 0.6) is 0 Å². The van der Waals surface area contributed by atoms with Crippen molar-refractivity contribution in [1.82, 2.24) is 20.3 Å². The predicted octanol–water partition coefficient (Wildman–Crippen LogP) is 0.0582. The third kappa shape index (κ3) is 8.12. The Labute approximate surface area is 167 Å². The summed E-state index contributed by atoms with van der Waals surface area (Å²) in [4.78, 5) is 14.7. The van der Waals surface area contributed by atoms with Crippen LogP contribution in [0.15, 0.2) is 29.2 Å². The van der Waals surface area contributed by atoms with Crippen LogP contribution in [0.25, 0.3) is 0 Å². The summed E-state index contributed by atoms with van der Waals surface area (Å²) in [5, 5.41) is 6.18. The van der Waals surface area contributed by atoms with Crippen molar-refractivity contribution in [2.45, 2.75) is 11.3 Å². The molecule has 1 fully saturated rings. The first-order valence-corrected chi connectivity index (χ1v) is 10.3. The average Bonchev–Trinajstić information content (AvgIpc) is 2.66. The molecule has 0 saturated carbocycles. The molecular weight excluding hydrogens is 392 g/mol. The number of ether oxygens (including phenoxy) is 1. The van der Waals surface area contributed by atoms with E-state index < -0.39 is 10.0 Å². The van der Waals surface area contributed by atoms with Crippen LogP contribution >= 0.6 is 12.4 Å². The minimum atomic E-state index is -3.58. The van der Waals surface area contributed by atoms with Crippen molar-refractivity contribution in [3.63, 3.8) is 0 Å². The minimum absolute atomic E-state index is 0. The maximum Gasteiger partial charge on any atom is 0.251 e. The Morgan fingerprint density at radius 3 is 2.48 bits per heavy atom. The number of piperazine rings is 1. The summed E-state index contributed by atoms with van der Waals surface area (Å²) < 4.78 is 31.4. The van der Waals surface area contributed by atoms with E-state index in [1.165, 1.54) is 31.4 Å². The van der Waals surface area contributed by atoms with Crippen LogP contribution < -0.4 is 15.4 Å². The van der Waals surface area contributed by atoms with Gasteiger partial charge in [-0.3, -0.25) is 4.79 Å². The monoisotopic (exact) mass is 420 g/mol. The lowest BCUT2D eigenvalue weighted by molar-refractivity contribution is 0.0951. The lowest BCUT2D eigenvalue weighted by atomic mass is 10.2. The van der Waals surface area contributed by atoms with E-state index in [0.717, 1.165) is 39.1 Å². The predicted molar refractivity (Wildman–Crippen MR) is 107 cm³/mol. The number of hydrogen-bond donors (Lipinski definition) is 3. The topological polar surface area (TPSA) is 99.8 Å². The third-order valence-corrected chi connectivity index (χ3v) is 5.65. The first-order valence-electron chi connectivity index (χ1n) is 8.83. The molecule has 3 N–H and O–H groups in total. The highest BCUT2D eigenvalue weighted by Crippen LogP contribution is 2.10. The van der Waals surface area contributed by atoms with Gasteiger partial charge in [0.2, 0.25) is 10.0 Å². The van der Waals surface area contributed by atoms with Crippen molar-refractivity contribution in [1.29, 1.82) is 0 Å². The highest BCUT2D eigenvalue weighted by molar-refractivity contribution is 7.89. The first kappa shape index (κ1) is 23.8. The van der Waals surface area contributed by atoms with Crippen molar-refractivity contribution < 1.29 is 17.9 Å². The molecule has 1 aromatic rings. The number of carbonyl (C=O) groups is 1. The number of nitrogens with zero attached hydrogens (tertiary/aromatic N) is 1. The van der Waals surface area contributed by atoms with Gasteiger partial charge in [0.25, 0.3) is 5.91 Å². The van der Waals surface area contributed by atoms with E-state index in [-0.39, 0.29) is 29.8 Å². The van der Waals surface area contributed by atoms with Gasteiger partial charge in [0, 0.05) is 51.9 Å². The number of halogens is 1. The Morgan fingerprint density at radius 2 is 1.85 bits per heavy atom. The van der Waals surface area contributed by atoms with Crippen LogP contribution in [0.3, 0.4) is 0 Å². The summed E-state index contributed by atoms with van der Waals surface area (Å²) in [6.07, 6.45) is 0.890. The average molecular weight is 421 g/mol. The molecule has 1 heterocycles. The molecule has 0 aromatic heterocycles. The van der Waals surface area contributed by atoms with E-state index in [1.54, 1.807) is 0 Å². The molecule has 0 atom stereocenters. The first-order chi connectivity index (χ1) is 12.5. The molecule has 0 aliphatic carbocycles. The van der Waals surface area contributed by atoms with Gasteiger partial charge in [-0.1, -0.05) is 0 Å². The van der Waals surface area contributed by atoms with Crippen LogP contribution in [0, 0.1) is 0 Å². The maximum absolute atomic E-state index is 12.2. The number of carbonyl (C=O) groups excluding carboxylic acids is 1. The summed E-state index contributed by atoms with van der Waals surface area (Å²) in [7, 11) is -2.08. The van der Waals surface area contributed by atoms with E-state index in [1.807, 2.05) is 0 Å². The van der Waals surface area contributed by atoms with Crippen molar-refractivity contribution in [3.05, 3.63) is 29.8 Å². The summed E-state index contributed by atoms with van der Waals surface area (Å²) in [6.45, 7) is 6.18. The van der Waals surface area contributed by atoms with Crippen LogP contribution in [0.2, 0.25) is 0 Å². The number of hydrogen-bond acceptors (Lipinski definition) is 6. The second kappa shape index (κ2) is 12.3. The number of benzene rings is 1. The van der Waals surface area contributed by atoms with Crippen molar-refractivity contribution >= 4 is 28.3 Å². The zero-order valence-electron chi connectivity index (χ0n) is 15.6. The van der Waals surface area contributed by atoms with Crippen molar-refractivity contribution in [2.75, 3.05) is 59.5 Å². The lowest BCUT2D eigenvalue weighted by Gasteiger charge is -2.27. The Hall–Kier alpha value is -1.23.